The first kappa shape index (κ1) is 12.8. The molecule has 1 aromatic heterocycles. The smallest absolute Gasteiger partial charge is 0.330 e. The zero-order valence-electron chi connectivity index (χ0n) is 11.0. The summed E-state index contributed by atoms with van der Waals surface area (Å²) < 4.78 is 4.94. The molecule has 1 aliphatic carbocycles. The molecule has 0 aromatic carbocycles. The van der Waals surface area contributed by atoms with Crippen molar-refractivity contribution in [2.24, 2.45) is 5.41 Å². The molecule has 1 saturated carbocycles. The molecule has 1 spiro atoms. The van der Waals surface area contributed by atoms with Gasteiger partial charge < -0.3 is 4.52 Å². The van der Waals surface area contributed by atoms with E-state index in [2.05, 4.69) is 15.5 Å². The molecule has 0 radical (unpaired) electrons. The number of hydrogen-bond donors (Lipinski definition) is 1. The highest BCUT2D eigenvalue weighted by atomic mass is 16.5. The largest absolute Gasteiger partial charge is 0.339 e. The van der Waals surface area contributed by atoms with Crippen molar-refractivity contribution in [1.82, 2.24) is 20.4 Å². The maximum atomic E-state index is 12.4. The Hall–Kier alpha value is -2.25. The quantitative estimate of drug-likeness (QED) is 0.790. The summed E-state index contributed by atoms with van der Waals surface area (Å²) >= 11 is 0. The zero-order chi connectivity index (χ0) is 14.3. The van der Waals surface area contributed by atoms with Crippen LogP contribution in [0.15, 0.2) is 4.52 Å². The van der Waals surface area contributed by atoms with E-state index in [0.717, 1.165) is 11.3 Å². The van der Waals surface area contributed by atoms with Crippen molar-refractivity contribution < 1.29 is 18.9 Å². The van der Waals surface area contributed by atoms with Crippen LogP contribution < -0.4 is 5.32 Å². The van der Waals surface area contributed by atoms with Gasteiger partial charge in [0.1, 0.15) is 5.41 Å². The van der Waals surface area contributed by atoms with Crippen LogP contribution in [0.3, 0.4) is 0 Å². The van der Waals surface area contributed by atoms with Gasteiger partial charge in [-0.2, -0.15) is 4.98 Å². The number of carbonyl (C=O) groups is 3. The average Bonchev–Trinajstić information content (AvgIpc) is 2.72. The molecule has 0 bridgehead atoms. The summed E-state index contributed by atoms with van der Waals surface area (Å²) in [5, 5.41) is 5.90. The number of rotatable bonds is 3. The molecule has 2 aliphatic rings. The summed E-state index contributed by atoms with van der Waals surface area (Å²) in [5.41, 5.74) is -1.03. The van der Waals surface area contributed by atoms with E-state index in [0.29, 0.717) is 24.6 Å². The van der Waals surface area contributed by atoms with E-state index < -0.39 is 23.3 Å². The molecule has 2 heterocycles. The fraction of sp³-hybridized carbons (Fsp3) is 0.583. The van der Waals surface area contributed by atoms with Gasteiger partial charge in [-0.05, 0) is 19.8 Å². The number of aryl methyl sites for hydroxylation is 1. The molecule has 8 nitrogen and oxygen atoms in total. The Bertz CT molecular complexity index is 590. The Balaban J connectivity index is 1.73. The first-order valence-corrected chi connectivity index (χ1v) is 6.49. The van der Waals surface area contributed by atoms with Crippen molar-refractivity contribution >= 4 is 17.8 Å². The minimum Gasteiger partial charge on any atom is -0.339 e. The highest BCUT2D eigenvalue weighted by molar-refractivity contribution is 6.19. The van der Waals surface area contributed by atoms with Gasteiger partial charge in [-0.3, -0.25) is 19.8 Å². The minimum atomic E-state index is -1.03. The van der Waals surface area contributed by atoms with Gasteiger partial charge in [0.25, 0.3) is 0 Å². The first-order valence-electron chi connectivity index (χ1n) is 6.49. The first-order chi connectivity index (χ1) is 9.53. The summed E-state index contributed by atoms with van der Waals surface area (Å²) in [5.74, 6) is -0.0138. The molecule has 2 fully saturated rings. The third-order valence-electron chi connectivity index (χ3n) is 3.88. The molecule has 1 aliphatic heterocycles. The predicted octanol–water partition coefficient (Wildman–Crippen LogP) is 0.169. The van der Waals surface area contributed by atoms with Crippen LogP contribution >= 0.6 is 0 Å². The van der Waals surface area contributed by atoms with Crippen molar-refractivity contribution in [3.63, 3.8) is 0 Å². The normalized spacial score (nSPS) is 21.1. The Kier molecular flexibility index (Phi) is 2.81. The number of aromatic nitrogens is 2. The maximum absolute atomic E-state index is 12.4. The number of urea groups is 1. The molecule has 8 heteroatoms. The van der Waals surface area contributed by atoms with E-state index in [-0.39, 0.29) is 13.0 Å². The van der Waals surface area contributed by atoms with Crippen LogP contribution in [0.2, 0.25) is 0 Å². The zero-order valence-corrected chi connectivity index (χ0v) is 11.0. The van der Waals surface area contributed by atoms with E-state index in [9.17, 15) is 14.4 Å². The lowest BCUT2D eigenvalue weighted by Gasteiger charge is -2.44. The SMILES string of the molecule is Cc1noc(CCN2C(=O)NC(=O)C3(CCC3)C2=O)n1. The highest BCUT2D eigenvalue weighted by Gasteiger charge is 2.57. The fourth-order valence-corrected chi connectivity index (χ4v) is 2.56. The van der Waals surface area contributed by atoms with Gasteiger partial charge in [0, 0.05) is 13.0 Å². The Morgan fingerprint density at radius 3 is 2.65 bits per heavy atom. The Morgan fingerprint density at radius 1 is 1.35 bits per heavy atom. The molecule has 0 atom stereocenters. The van der Waals surface area contributed by atoms with Crippen molar-refractivity contribution in [3.8, 4) is 0 Å². The van der Waals surface area contributed by atoms with Crippen LogP contribution in [-0.2, 0) is 16.0 Å². The van der Waals surface area contributed by atoms with Crippen molar-refractivity contribution in [2.75, 3.05) is 6.54 Å². The molecule has 20 heavy (non-hydrogen) atoms. The molecular weight excluding hydrogens is 264 g/mol. The standard InChI is InChI=1S/C12H14N4O4/c1-7-13-8(20-15-7)3-6-16-10(18)12(4-2-5-12)9(17)14-11(16)19/h2-6H2,1H3,(H,14,17,19). The number of barbiturate groups is 1. The summed E-state index contributed by atoms with van der Waals surface area (Å²) in [6.45, 7) is 1.81. The van der Waals surface area contributed by atoms with Crippen LogP contribution in [0.5, 0.6) is 0 Å². The summed E-state index contributed by atoms with van der Waals surface area (Å²) in [4.78, 5) is 41.0. The van der Waals surface area contributed by atoms with Gasteiger partial charge in [-0.15, -0.1) is 0 Å². The molecular formula is C12H14N4O4. The average molecular weight is 278 g/mol. The fourth-order valence-electron chi connectivity index (χ4n) is 2.56. The van der Waals surface area contributed by atoms with Gasteiger partial charge >= 0.3 is 6.03 Å². The van der Waals surface area contributed by atoms with E-state index in [1.165, 1.54) is 0 Å². The Morgan fingerprint density at radius 2 is 2.10 bits per heavy atom. The van der Waals surface area contributed by atoms with Crippen LogP contribution in [0.4, 0.5) is 4.79 Å². The van der Waals surface area contributed by atoms with Crippen molar-refractivity contribution in [2.45, 2.75) is 32.6 Å². The van der Waals surface area contributed by atoms with Crippen LogP contribution in [0.25, 0.3) is 0 Å². The Labute approximate surface area is 114 Å². The number of amides is 4. The summed E-state index contributed by atoms with van der Waals surface area (Å²) in [6, 6.07) is -0.672. The summed E-state index contributed by atoms with van der Waals surface area (Å²) in [7, 11) is 0. The number of carbonyl (C=O) groups excluding carboxylic acids is 3. The third-order valence-corrected chi connectivity index (χ3v) is 3.88. The van der Waals surface area contributed by atoms with Gasteiger partial charge in [0.15, 0.2) is 5.82 Å². The van der Waals surface area contributed by atoms with Gasteiger partial charge in [-0.1, -0.05) is 11.6 Å². The van der Waals surface area contributed by atoms with E-state index in [1.807, 2.05) is 0 Å². The van der Waals surface area contributed by atoms with Crippen LogP contribution in [0.1, 0.15) is 31.0 Å². The molecule has 106 valence electrons. The lowest BCUT2D eigenvalue weighted by molar-refractivity contribution is -0.157. The second-order valence-electron chi connectivity index (χ2n) is 5.14. The van der Waals surface area contributed by atoms with Crippen LogP contribution in [-0.4, -0.2) is 39.4 Å². The number of hydrogen-bond acceptors (Lipinski definition) is 6. The number of nitrogens with one attached hydrogen (secondary N) is 1. The van der Waals surface area contributed by atoms with Gasteiger partial charge in [0.05, 0.1) is 0 Å². The van der Waals surface area contributed by atoms with Gasteiger partial charge in [0.2, 0.25) is 17.7 Å². The van der Waals surface area contributed by atoms with Crippen molar-refractivity contribution in [3.05, 3.63) is 11.7 Å². The molecule has 0 unspecified atom stereocenters. The van der Waals surface area contributed by atoms with Crippen molar-refractivity contribution in [1.29, 1.82) is 0 Å². The molecule has 1 saturated heterocycles. The minimum absolute atomic E-state index is 0.126. The van der Waals surface area contributed by atoms with E-state index in [4.69, 9.17) is 4.52 Å². The van der Waals surface area contributed by atoms with Crippen LogP contribution in [0, 0.1) is 12.3 Å². The molecule has 1 N–H and O–H groups in total. The lowest BCUT2D eigenvalue weighted by Crippen LogP contribution is -2.66. The lowest BCUT2D eigenvalue weighted by atomic mass is 9.66. The topological polar surface area (TPSA) is 105 Å². The second-order valence-corrected chi connectivity index (χ2v) is 5.14. The molecule has 3 rings (SSSR count). The predicted molar refractivity (Wildman–Crippen MR) is 64.3 cm³/mol. The van der Waals surface area contributed by atoms with E-state index >= 15 is 0 Å². The number of imide groups is 2. The summed E-state index contributed by atoms with van der Waals surface area (Å²) in [6.07, 6.45) is 2.11. The molecule has 1 aromatic rings. The third kappa shape index (κ3) is 1.79. The monoisotopic (exact) mass is 278 g/mol. The molecule has 4 amide bonds. The maximum Gasteiger partial charge on any atom is 0.330 e. The number of nitrogens with zero attached hydrogens (tertiary/aromatic N) is 3. The second kappa shape index (κ2) is 4.39. The van der Waals surface area contributed by atoms with Gasteiger partial charge in [-0.25, -0.2) is 4.79 Å². The highest BCUT2D eigenvalue weighted by Crippen LogP contribution is 2.44. The van der Waals surface area contributed by atoms with E-state index in [1.54, 1.807) is 6.92 Å².